The highest BCUT2D eigenvalue weighted by Crippen LogP contribution is 2.18. The van der Waals surface area contributed by atoms with Crippen LogP contribution < -0.4 is 4.74 Å². The minimum absolute atomic E-state index is 0.0340. The van der Waals surface area contributed by atoms with Crippen LogP contribution in [0.1, 0.15) is 15.9 Å². The van der Waals surface area contributed by atoms with Crippen LogP contribution in [-0.4, -0.2) is 16.1 Å². The number of hydrogen-bond donors (Lipinski definition) is 1. The SMILES string of the molecule is O=C(O)c1ccc(COc2cncc(Cl)c2)c(F)c1. The van der Waals surface area contributed by atoms with Gasteiger partial charge in [-0.25, -0.2) is 9.18 Å². The van der Waals surface area contributed by atoms with Gasteiger partial charge in [0.2, 0.25) is 0 Å². The second-order valence-corrected chi connectivity index (χ2v) is 4.18. The Hall–Kier alpha value is -2.14. The van der Waals surface area contributed by atoms with E-state index in [4.69, 9.17) is 21.4 Å². The summed E-state index contributed by atoms with van der Waals surface area (Å²) in [6, 6.07) is 5.20. The van der Waals surface area contributed by atoms with Crippen molar-refractivity contribution in [1.29, 1.82) is 0 Å². The number of carboxylic acids is 1. The van der Waals surface area contributed by atoms with Gasteiger partial charge in [-0.3, -0.25) is 4.98 Å². The molecule has 0 bridgehead atoms. The van der Waals surface area contributed by atoms with Gasteiger partial charge in [0.15, 0.2) is 0 Å². The largest absolute Gasteiger partial charge is 0.487 e. The molecule has 1 heterocycles. The maximum atomic E-state index is 13.6. The minimum atomic E-state index is -1.18. The van der Waals surface area contributed by atoms with Crippen LogP contribution in [0.4, 0.5) is 4.39 Å². The van der Waals surface area contributed by atoms with Crippen LogP contribution in [0.5, 0.6) is 5.75 Å². The van der Waals surface area contributed by atoms with Crippen LogP contribution in [0.3, 0.4) is 0 Å². The third kappa shape index (κ3) is 3.42. The third-order valence-corrected chi connectivity index (χ3v) is 2.58. The first-order valence-electron chi connectivity index (χ1n) is 5.31. The molecule has 0 aliphatic heterocycles. The molecule has 0 saturated heterocycles. The zero-order valence-corrected chi connectivity index (χ0v) is 10.4. The summed E-state index contributed by atoms with van der Waals surface area (Å²) in [5, 5.41) is 9.13. The molecule has 0 saturated carbocycles. The molecule has 0 fully saturated rings. The van der Waals surface area contributed by atoms with Gasteiger partial charge in [0.05, 0.1) is 16.8 Å². The third-order valence-electron chi connectivity index (χ3n) is 2.37. The maximum absolute atomic E-state index is 13.6. The second-order valence-electron chi connectivity index (χ2n) is 3.74. The highest BCUT2D eigenvalue weighted by Gasteiger charge is 2.09. The lowest BCUT2D eigenvalue weighted by molar-refractivity contribution is 0.0696. The molecule has 0 radical (unpaired) electrons. The smallest absolute Gasteiger partial charge is 0.335 e. The Kier molecular flexibility index (Phi) is 3.97. The van der Waals surface area contributed by atoms with E-state index in [0.29, 0.717) is 10.8 Å². The van der Waals surface area contributed by atoms with Crippen molar-refractivity contribution in [2.24, 2.45) is 0 Å². The van der Waals surface area contributed by atoms with E-state index in [9.17, 15) is 9.18 Å². The predicted molar refractivity (Wildman–Crippen MR) is 66.9 cm³/mol. The number of halogens is 2. The predicted octanol–water partition coefficient (Wildman–Crippen LogP) is 3.15. The second kappa shape index (κ2) is 5.67. The first-order valence-corrected chi connectivity index (χ1v) is 5.69. The number of aromatic carboxylic acids is 1. The van der Waals surface area contributed by atoms with Crippen molar-refractivity contribution in [2.45, 2.75) is 6.61 Å². The molecule has 1 N–H and O–H groups in total. The van der Waals surface area contributed by atoms with Crippen molar-refractivity contribution < 1.29 is 19.0 Å². The highest BCUT2D eigenvalue weighted by atomic mass is 35.5. The summed E-state index contributed by atoms with van der Waals surface area (Å²) in [7, 11) is 0. The Morgan fingerprint density at radius 1 is 1.37 bits per heavy atom. The summed E-state index contributed by atoms with van der Waals surface area (Å²) >= 11 is 5.73. The Balaban J connectivity index is 2.10. The standard InChI is InChI=1S/C13H9ClFNO3/c14-10-4-11(6-16-5-10)19-7-9-2-1-8(13(17)18)3-12(9)15/h1-6H,7H2,(H,17,18). The van der Waals surface area contributed by atoms with Gasteiger partial charge in [-0.1, -0.05) is 17.7 Å². The van der Waals surface area contributed by atoms with Crippen LogP contribution >= 0.6 is 11.6 Å². The number of carboxylic acid groups (broad SMARTS) is 1. The van der Waals surface area contributed by atoms with Gasteiger partial charge in [0, 0.05) is 17.8 Å². The molecular formula is C13H9ClFNO3. The van der Waals surface area contributed by atoms with E-state index in [1.165, 1.54) is 24.5 Å². The monoisotopic (exact) mass is 281 g/mol. The van der Waals surface area contributed by atoms with E-state index < -0.39 is 11.8 Å². The van der Waals surface area contributed by atoms with Crippen LogP contribution in [0, 0.1) is 5.82 Å². The lowest BCUT2D eigenvalue weighted by atomic mass is 10.1. The first kappa shape index (κ1) is 13.3. The molecule has 0 aliphatic carbocycles. The van der Waals surface area contributed by atoms with Crippen molar-refractivity contribution in [3.63, 3.8) is 0 Å². The van der Waals surface area contributed by atoms with Crippen molar-refractivity contribution in [2.75, 3.05) is 0 Å². The number of pyridine rings is 1. The zero-order valence-electron chi connectivity index (χ0n) is 9.64. The number of aromatic nitrogens is 1. The first-order chi connectivity index (χ1) is 9.06. The Morgan fingerprint density at radius 2 is 2.16 bits per heavy atom. The summed E-state index contributed by atoms with van der Waals surface area (Å²) in [5.41, 5.74) is 0.149. The van der Waals surface area contributed by atoms with Gasteiger partial charge in [-0.05, 0) is 12.1 Å². The summed E-state index contributed by atoms with van der Waals surface area (Å²) in [4.78, 5) is 14.5. The normalized spacial score (nSPS) is 10.2. The average Bonchev–Trinajstić information content (AvgIpc) is 2.37. The summed E-state index contributed by atoms with van der Waals surface area (Å²) < 4.78 is 18.9. The molecule has 0 spiro atoms. The molecule has 0 unspecified atom stereocenters. The molecule has 6 heteroatoms. The molecule has 1 aromatic heterocycles. The molecule has 4 nitrogen and oxygen atoms in total. The Labute approximate surface area is 113 Å². The minimum Gasteiger partial charge on any atom is -0.487 e. The van der Waals surface area contributed by atoms with Gasteiger partial charge >= 0.3 is 5.97 Å². The molecule has 2 aromatic rings. The lowest BCUT2D eigenvalue weighted by Crippen LogP contribution is -2.02. The summed E-state index contributed by atoms with van der Waals surface area (Å²) in [5.74, 6) is -1.39. The lowest BCUT2D eigenvalue weighted by Gasteiger charge is -2.07. The van der Waals surface area contributed by atoms with E-state index in [1.807, 2.05) is 0 Å². The van der Waals surface area contributed by atoms with Crippen molar-refractivity contribution in [3.8, 4) is 5.75 Å². The fraction of sp³-hybridized carbons (Fsp3) is 0.0769. The van der Waals surface area contributed by atoms with Crippen LogP contribution in [0.25, 0.3) is 0 Å². The van der Waals surface area contributed by atoms with Crippen LogP contribution in [0.2, 0.25) is 5.02 Å². The van der Waals surface area contributed by atoms with Crippen LogP contribution in [-0.2, 0) is 6.61 Å². The van der Waals surface area contributed by atoms with E-state index in [0.717, 1.165) is 6.07 Å². The summed E-state index contributed by atoms with van der Waals surface area (Å²) in [6.07, 6.45) is 2.91. The van der Waals surface area contributed by atoms with Gasteiger partial charge in [-0.2, -0.15) is 0 Å². The maximum Gasteiger partial charge on any atom is 0.335 e. The number of carbonyl (C=O) groups is 1. The fourth-order valence-corrected chi connectivity index (χ4v) is 1.59. The van der Waals surface area contributed by atoms with Crippen molar-refractivity contribution in [3.05, 3.63) is 58.6 Å². The quantitative estimate of drug-likeness (QED) is 0.935. The van der Waals surface area contributed by atoms with Crippen molar-refractivity contribution in [1.82, 2.24) is 4.98 Å². The molecule has 1 aromatic carbocycles. The average molecular weight is 282 g/mol. The zero-order chi connectivity index (χ0) is 13.8. The number of hydrogen-bond acceptors (Lipinski definition) is 3. The van der Waals surface area contributed by atoms with E-state index in [1.54, 1.807) is 6.07 Å². The number of nitrogens with zero attached hydrogens (tertiary/aromatic N) is 1. The van der Waals surface area contributed by atoms with Crippen molar-refractivity contribution >= 4 is 17.6 Å². The van der Waals surface area contributed by atoms with Gasteiger partial charge in [0.25, 0.3) is 0 Å². The molecule has 0 atom stereocenters. The van der Waals surface area contributed by atoms with E-state index in [2.05, 4.69) is 4.98 Å². The molecule has 2 rings (SSSR count). The molecule has 0 aliphatic rings. The summed E-state index contributed by atoms with van der Waals surface area (Å²) in [6.45, 7) is -0.0340. The molecular weight excluding hydrogens is 273 g/mol. The van der Waals surface area contributed by atoms with Gasteiger partial charge in [0.1, 0.15) is 18.2 Å². The fourth-order valence-electron chi connectivity index (χ4n) is 1.43. The number of ether oxygens (including phenoxy) is 1. The van der Waals surface area contributed by atoms with Crippen LogP contribution in [0.15, 0.2) is 36.7 Å². The highest BCUT2D eigenvalue weighted by molar-refractivity contribution is 6.30. The molecule has 0 amide bonds. The number of rotatable bonds is 4. The Bertz CT molecular complexity index is 619. The Morgan fingerprint density at radius 3 is 2.79 bits per heavy atom. The molecule has 98 valence electrons. The topological polar surface area (TPSA) is 59.4 Å². The van der Waals surface area contributed by atoms with E-state index in [-0.39, 0.29) is 17.7 Å². The van der Waals surface area contributed by atoms with Gasteiger partial charge < -0.3 is 9.84 Å². The molecule has 19 heavy (non-hydrogen) atoms. The van der Waals surface area contributed by atoms with Gasteiger partial charge in [-0.15, -0.1) is 0 Å². The number of benzene rings is 1. The van der Waals surface area contributed by atoms with E-state index >= 15 is 0 Å².